The Hall–Kier alpha value is 0.0969. The van der Waals surface area contributed by atoms with Gasteiger partial charge in [0.15, 0.2) is 0 Å². The van der Waals surface area contributed by atoms with E-state index >= 15 is 0 Å². The summed E-state index contributed by atoms with van der Waals surface area (Å²) in [4.78, 5) is 0. The summed E-state index contributed by atoms with van der Waals surface area (Å²) in [5, 5.41) is 8.79. The monoisotopic (exact) mass is 232 g/mol. The van der Waals surface area contributed by atoms with Gasteiger partial charge in [0.05, 0.1) is 13.2 Å². The Morgan fingerprint density at radius 3 is 2.80 bits per heavy atom. The molecule has 0 bridgehead atoms. The highest BCUT2D eigenvalue weighted by Crippen LogP contribution is 2.26. The summed E-state index contributed by atoms with van der Waals surface area (Å²) in [6, 6.07) is 0. The molecule has 1 N–H and O–H groups in total. The molecule has 1 rings (SSSR count). The Bertz CT molecular complexity index is 158. The quantitative estimate of drug-likeness (QED) is 0.511. The molecule has 0 aromatic rings. The molecule has 0 saturated carbocycles. The highest BCUT2D eigenvalue weighted by Gasteiger charge is 2.26. The molecule has 90 valence electrons. The molecule has 1 atom stereocenters. The number of hydrogen-bond acceptors (Lipinski definition) is 3. The number of hydrogen-bond donors (Lipinski definition) is 1. The molecule has 0 aromatic heterocycles. The first-order valence-electron chi connectivity index (χ1n) is 6.09. The van der Waals surface area contributed by atoms with Crippen molar-refractivity contribution < 1.29 is 14.6 Å². The van der Waals surface area contributed by atoms with Crippen molar-refractivity contribution in [1.82, 2.24) is 0 Å². The topological polar surface area (TPSA) is 38.7 Å². The van der Waals surface area contributed by atoms with Gasteiger partial charge in [-0.15, -0.1) is 0 Å². The van der Waals surface area contributed by atoms with Crippen molar-refractivity contribution in [2.45, 2.75) is 43.7 Å². The van der Waals surface area contributed by atoms with Crippen molar-refractivity contribution in [3.63, 3.8) is 0 Å². The van der Waals surface area contributed by atoms with Gasteiger partial charge in [0.25, 0.3) is 0 Å². The highest BCUT2D eigenvalue weighted by molar-refractivity contribution is 6.14. The summed E-state index contributed by atoms with van der Waals surface area (Å²) in [7, 11) is 1.15. The van der Waals surface area contributed by atoms with Crippen LogP contribution in [0.25, 0.3) is 0 Å². The van der Waals surface area contributed by atoms with Crippen LogP contribution in [0.4, 0.5) is 0 Å². The summed E-state index contributed by atoms with van der Waals surface area (Å²) in [6.07, 6.45) is 7.31. The van der Waals surface area contributed by atoms with Crippen LogP contribution < -0.4 is 0 Å². The molecule has 4 heteroatoms. The van der Waals surface area contributed by atoms with Gasteiger partial charge >= 0.3 is 0 Å². The third-order valence-electron chi connectivity index (χ3n) is 3.03. The Balaban J connectivity index is 1.98. The summed E-state index contributed by atoms with van der Waals surface area (Å²) < 4.78 is 11.1. The van der Waals surface area contributed by atoms with Gasteiger partial charge in [-0.2, -0.15) is 0 Å². The van der Waals surface area contributed by atoms with E-state index in [-0.39, 0.29) is 11.8 Å². The normalized spacial score (nSPS) is 27.0. The minimum atomic E-state index is 0.133. The molecule has 0 radical (unpaired) electrons. The first-order chi connectivity index (χ1) is 7.27. The SMILES string of the molecule is OCCOCCCCC1([SiH3])CCCCO1. The van der Waals surface area contributed by atoms with Crippen LogP contribution in [0.15, 0.2) is 0 Å². The fraction of sp³-hybridized carbons (Fsp3) is 1.00. The molecule has 1 heterocycles. The molecule has 0 amide bonds. The van der Waals surface area contributed by atoms with Crippen molar-refractivity contribution in [3.8, 4) is 0 Å². The van der Waals surface area contributed by atoms with Crippen LogP contribution in [0.5, 0.6) is 0 Å². The van der Waals surface area contributed by atoms with E-state index in [2.05, 4.69) is 0 Å². The lowest BCUT2D eigenvalue weighted by atomic mass is 10.0. The summed E-state index contributed by atoms with van der Waals surface area (Å²) in [5.41, 5.74) is 0. The lowest BCUT2D eigenvalue weighted by Gasteiger charge is -2.34. The molecule has 15 heavy (non-hydrogen) atoms. The van der Waals surface area contributed by atoms with Gasteiger partial charge in [-0.25, -0.2) is 0 Å². The Morgan fingerprint density at radius 2 is 2.13 bits per heavy atom. The summed E-state index contributed by atoms with van der Waals surface area (Å²) in [6.45, 7) is 2.35. The molecule has 3 nitrogen and oxygen atoms in total. The van der Waals surface area contributed by atoms with Crippen LogP contribution in [0, 0.1) is 0 Å². The average molecular weight is 232 g/mol. The lowest BCUT2D eigenvalue weighted by Crippen LogP contribution is -2.36. The Kier molecular flexibility index (Phi) is 6.48. The average Bonchev–Trinajstić information content (AvgIpc) is 2.24. The number of rotatable bonds is 7. The minimum absolute atomic E-state index is 0.133. The second kappa shape index (κ2) is 7.38. The molecule has 0 spiro atoms. The summed E-state index contributed by atoms with van der Waals surface area (Å²) >= 11 is 0. The first kappa shape index (κ1) is 13.2. The van der Waals surface area contributed by atoms with Crippen molar-refractivity contribution in [2.24, 2.45) is 0 Å². The Labute approximate surface area is 95.6 Å². The van der Waals surface area contributed by atoms with Gasteiger partial charge in [-0.3, -0.25) is 0 Å². The third-order valence-corrected chi connectivity index (χ3v) is 4.32. The zero-order chi connectivity index (χ0) is 11.0. The van der Waals surface area contributed by atoms with E-state index in [1.165, 1.54) is 32.1 Å². The van der Waals surface area contributed by atoms with Gasteiger partial charge < -0.3 is 14.6 Å². The maximum absolute atomic E-state index is 8.53. The van der Waals surface area contributed by atoms with Gasteiger partial charge in [0.2, 0.25) is 0 Å². The predicted molar refractivity (Wildman–Crippen MR) is 64.2 cm³/mol. The number of ether oxygens (including phenoxy) is 2. The highest BCUT2D eigenvalue weighted by atomic mass is 28.1. The van der Waals surface area contributed by atoms with Crippen LogP contribution in [0.1, 0.15) is 38.5 Å². The maximum atomic E-state index is 8.53. The molecule has 1 saturated heterocycles. The number of aliphatic hydroxyl groups is 1. The zero-order valence-corrected chi connectivity index (χ0v) is 11.8. The molecular formula is C11H24O3Si. The van der Waals surface area contributed by atoms with Crippen molar-refractivity contribution in [2.75, 3.05) is 26.4 Å². The van der Waals surface area contributed by atoms with Gasteiger partial charge in [0, 0.05) is 28.7 Å². The van der Waals surface area contributed by atoms with E-state index in [1.807, 2.05) is 0 Å². The van der Waals surface area contributed by atoms with Crippen LogP contribution in [-0.2, 0) is 9.47 Å². The third kappa shape index (κ3) is 5.66. The molecule has 1 fully saturated rings. The van der Waals surface area contributed by atoms with Crippen LogP contribution >= 0.6 is 0 Å². The fourth-order valence-electron chi connectivity index (χ4n) is 2.06. The standard InChI is InChI=1S/C11H24O3Si/c12-7-10-13-8-3-1-5-11(15)6-2-4-9-14-11/h12H,1-10H2,15H3. The predicted octanol–water partition coefficient (Wildman–Crippen LogP) is 0.428. The van der Waals surface area contributed by atoms with E-state index in [0.717, 1.165) is 29.9 Å². The van der Waals surface area contributed by atoms with E-state index in [0.29, 0.717) is 6.61 Å². The minimum Gasteiger partial charge on any atom is -0.394 e. The molecular weight excluding hydrogens is 208 g/mol. The van der Waals surface area contributed by atoms with Crippen LogP contribution in [0.3, 0.4) is 0 Å². The fourth-order valence-corrected chi connectivity index (χ4v) is 2.97. The van der Waals surface area contributed by atoms with Gasteiger partial charge in [-0.05, 0) is 38.5 Å². The first-order valence-corrected chi connectivity index (χ1v) is 7.09. The van der Waals surface area contributed by atoms with Crippen LogP contribution in [0.2, 0.25) is 0 Å². The van der Waals surface area contributed by atoms with Crippen molar-refractivity contribution in [1.29, 1.82) is 0 Å². The smallest absolute Gasteiger partial charge is 0.0697 e. The van der Waals surface area contributed by atoms with Crippen molar-refractivity contribution >= 4 is 10.2 Å². The Morgan fingerprint density at radius 1 is 1.27 bits per heavy atom. The van der Waals surface area contributed by atoms with E-state index in [4.69, 9.17) is 14.6 Å². The van der Waals surface area contributed by atoms with E-state index in [9.17, 15) is 0 Å². The second-order valence-corrected chi connectivity index (χ2v) is 6.37. The summed E-state index contributed by atoms with van der Waals surface area (Å²) in [5.74, 6) is 0. The van der Waals surface area contributed by atoms with E-state index < -0.39 is 0 Å². The number of unbranched alkanes of at least 4 members (excludes halogenated alkanes) is 1. The molecule has 1 aliphatic heterocycles. The lowest BCUT2D eigenvalue weighted by molar-refractivity contribution is -0.0251. The molecule has 0 aromatic carbocycles. The second-order valence-electron chi connectivity index (χ2n) is 4.55. The molecule has 1 unspecified atom stereocenters. The molecule has 1 aliphatic rings. The van der Waals surface area contributed by atoms with Gasteiger partial charge in [-0.1, -0.05) is 0 Å². The maximum Gasteiger partial charge on any atom is 0.0697 e. The largest absolute Gasteiger partial charge is 0.394 e. The molecule has 0 aliphatic carbocycles. The van der Waals surface area contributed by atoms with Gasteiger partial charge in [0.1, 0.15) is 0 Å². The van der Waals surface area contributed by atoms with E-state index in [1.54, 1.807) is 0 Å². The number of aliphatic hydroxyl groups excluding tert-OH is 1. The van der Waals surface area contributed by atoms with Crippen molar-refractivity contribution in [3.05, 3.63) is 0 Å². The zero-order valence-electron chi connectivity index (χ0n) is 9.83. The van der Waals surface area contributed by atoms with Crippen LogP contribution in [-0.4, -0.2) is 47.0 Å².